The Kier molecular flexibility index (Phi) is 3.01. The summed E-state index contributed by atoms with van der Waals surface area (Å²) in [6.45, 7) is 2.85. The van der Waals surface area contributed by atoms with Crippen LogP contribution in [-0.2, 0) is 4.74 Å². The fourth-order valence-corrected chi connectivity index (χ4v) is 1.58. The van der Waals surface area contributed by atoms with Gasteiger partial charge in [-0.3, -0.25) is 0 Å². The van der Waals surface area contributed by atoms with Crippen LogP contribution >= 0.6 is 0 Å². The lowest BCUT2D eigenvalue weighted by molar-refractivity contribution is 0.121. The Morgan fingerprint density at radius 1 is 1.47 bits per heavy atom. The van der Waals surface area contributed by atoms with Crippen LogP contribution in [0.15, 0.2) is 12.4 Å². The molecule has 82 valence electrons. The Bertz CT molecular complexity index is 315. The highest BCUT2D eigenvalue weighted by Crippen LogP contribution is 2.17. The fraction of sp³-hybridized carbons (Fsp3) is 0.600. The van der Waals surface area contributed by atoms with E-state index in [1.807, 2.05) is 6.92 Å². The van der Waals surface area contributed by atoms with Crippen LogP contribution in [0.2, 0.25) is 0 Å². The van der Waals surface area contributed by atoms with Crippen LogP contribution in [0.1, 0.15) is 13.3 Å². The van der Waals surface area contributed by atoms with E-state index in [0.717, 1.165) is 13.0 Å². The second kappa shape index (κ2) is 4.44. The molecule has 0 amide bonds. The largest absolute Gasteiger partial charge is 0.494 e. The molecule has 1 fully saturated rings. The standard InChI is InChI=1S/C10H15N3O2/c1-7-9(3-4-15-7)13-10-11-5-8(14-2)6-12-10/h5-7,9H,3-4H2,1-2H3,(H,11,12,13). The van der Waals surface area contributed by atoms with Gasteiger partial charge < -0.3 is 14.8 Å². The fourth-order valence-electron chi connectivity index (χ4n) is 1.58. The van der Waals surface area contributed by atoms with Gasteiger partial charge in [-0.1, -0.05) is 0 Å². The molecule has 5 nitrogen and oxygen atoms in total. The van der Waals surface area contributed by atoms with E-state index >= 15 is 0 Å². The molecule has 2 heterocycles. The number of hydrogen-bond donors (Lipinski definition) is 1. The number of nitrogens with zero attached hydrogens (tertiary/aromatic N) is 2. The van der Waals surface area contributed by atoms with Gasteiger partial charge in [0.25, 0.3) is 0 Å². The zero-order chi connectivity index (χ0) is 10.7. The summed E-state index contributed by atoms with van der Waals surface area (Å²) in [5.74, 6) is 1.29. The van der Waals surface area contributed by atoms with Gasteiger partial charge >= 0.3 is 0 Å². The first kappa shape index (κ1) is 10.2. The molecule has 0 bridgehead atoms. The van der Waals surface area contributed by atoms with E-state index in [2.05, 4.69) is 15.3 Å². The van der Waals surface area contributed by atoms with Gasteiger partial charge in [-0.25, -0.2) is 9.97 Å². The third-order valence-corrected chi connectivity index (χ3v) is 2.55. The van der Waals surface area contributed by atoms with Crippen LogP contribution in [0.25, 0.3) is 0 Å². The number of nitrogens with one attached hydrogen (secondary N) is 1. The first-order valence-corrected chi connectivity index (χ1v) is 5.04. The summed E-state index contributed by atoms with van der Waals surface area (Å²) in [4.78, 5) is 8.29. The number of methoxy groups -OCH3 is 1. The predicted molar refractivity (Wildman–Crippen MR) is 56.0 cm³/mol. The zero-order valence-corrected chi connectivity index (χ0v) is 8.93. The summed E-state index contributed by atoms with van der Waals surface area (Å²) in [7, 11) is 1.60. The van der Waals surface area contributed by atoms with Crippen molar-refractivity contribution in [3.63, 3.8) is 0 Å². The van der Waals surface area contributed by atoms with Crippen molar-refractivity contribution >= 4 is 5.95 Å². The molecule has 0 spiro atoms. The third-order valence-electron chi connectivity index (χ3n) is 2.55. The molecule has 1 aliphatic heterocycles. The average molecular weight is 209 g/mol. The molecule has 1 aromatic heterocycles. The molecule has 15 heavy (non-hydrogen) atoms. The summed E-state index contributed by atoms with van der Waals surface area (Å²) in [6, 6.07) is 0.304. The van der Waals surface area contributed by atoms with Crippen molar-refractivity contribution in [2.45, 2.75) is 25.5 Å². The molecule has 0 aromatic carbocycles. The zero-order valence-electron chi connectivity index (χ0n) is 8.93. The topological polar surface area (TPSA) is 56.3 Å². The van der Waals surface area contributed by atoms with Crippen LogP contribution in [0.4, 0.5) is 5.95 Å². The normalized spacial score (nSPS) is 25.2. The predicted octanol–water partition coefficient (Wildman–Crippen LogP) is 1.07. The van der Waals surface area contributed by atoms with Crippen molar-refractivity contribution in [1.82, 2.24) is 9.97 Å². The minimum Gasteiger partial charge on any atom is -0.494 e. The maximum atomic E-state index is 5.44. The molecule has 0 aliphatic carbocycles. The van der Waals surface area contributed by atoms with Gasteiger partial charge in [0.2, 0.25) is 5.95 Å². The van der Waals surface area contributed by atoms with Gasteiger partial charge in [0.1, 0.15) is 0 Å². The second-order valence-corrected chi connectivity index (χ2v) is 3.56. The van der Waals surface area contributed by atoms with Gasteiger partial charge in [0.05, 0.1) is 31.6 Å². The monoisotopic (exact) mass is 209 g/mol. The lowest BCUT2D eigenvalue weighted by Crippen LogP contribution is -2.27. The maximum Gasteiger partial charge on any atom is 0.223 e. The number of aromatic nitrogens is 2. The van der Waals surface area contributed by atoms with Gasteiger partial charge in [-0.15, -0.1) is 0 Å². The lowest BCUT2D eigenvalue weighted by Gasteiger charge is -2.15. The van der Waals surface area contributed by atoms with Crippen LogP contribution < -0.4 is 10.1 Å². The molecular weight excluding hydrogens is 194 g/mol. The highest BCUT2D eigenvalue weighted by Gasteiger charge is 2.24. The van der Waals surface area contributed by atoms with Gasteiger partial charge in [-0.05, 0) is 13.3 Å². The van der Waals surface area contributed by atoms with E-state index in [9.17, 15) is 0 Å². The van der Waals surface area contributed by atoms with Crippen LogP contribution in [0.5, 0.6) is 5.75 Å². The molecule has 1 saturated heterocycles. The van der Waals surface area contributed by atoms with Gasteiger partial charge in [0.15, 0.2) is 5.75 Å². The summed E-state index contributed by atoms with van der Waals surface area (Å²) in [5.41, 5.74) is 0. The maximum absolute atomic E-state index is 5.44. The molecule has 2 unspecified atom stereocenters. The molecule has 2 rings (SSSR count). The third kappa shape index (κ3) is 2.36. The Morgan fingerprint density at radius 2 is 2.20 bits per heavy atom. The van der Waals surface area contributed by atoms with Crippen LogP contribution in [0.3, 0.4) is 0 Å². The Morgan fingerprint density at radius 3 is 2.73 bits per heavy atom. The van der Waals surface area contributed by atoms with Crippen molar-refractivity contribution in [2.24, 2.45) is 0 Å². The minimum atomic E-state index is 0.218. The Hall–Kier alpha value is -1.36. The van der Waals surface area contributed by atoms with Crippen molar-refractivity contribution in [1.29, 1.82) is 0 Å². The van der Waals surface area contributed by atoms with E-state index in [0.29, 0.717) is 17.7 Å². The number of hydrogen-bond acceptors (Lipinski definition) is 5. The summed E-state index contributed by atoms with van der Waals surface area (Å²) in [6.07, 6.45) is 4.51. The molecular formula is C10H15N3O2. The first-order chi connectivity index (χ1) is 7.29. The smallest absolute Gasteiger partial charge is 0.223 e. The molecule has 1 N–H and O–H groups in total. The Labute approximate surface area is 88.8 Å². The van der Waals surface area contributed by atoms with Crippen molar-refractivity contribution in [2.75, 3.05) is 19.0 Å². The van der Waals surface area contributed by atoms with E-state index < -0.39 is 0 Å². The minimum absolute atomic E-state index is 0.218. The SMILES string of the molecule is COc1cnc(NC2CCOC2C)nc1. The molecule has 0 saturated carbocycles. The van der Waals surface area contributed by atoms with Crippen LogP contribution in [0, 0.1) is 0 Å². The number of anilines is 1. The second-order valence-electron chi connectivity index (χ2n) is 3.56. The molecule has 0 radical (unpaired) electrons. The molecule has 1 aromatic rings. The van der Waals surface area contributed by atoms with Crippen LogP contribution in [-0.4, -0.2) is 35.8 Å². The number of ether oxygens (including phenoxy) is 2. The van der Waals surface area contributed by atoms with Crippen molar-refractivity contribution < 1.29 is 9.47 Å². The van der Waals surface area contributed by atoms with Crippen molar-refractivity contribution in [3.8, 4) is 5.75 Å². The van der Waals surface area contributed by atoms with E-state index in [4.69, 9.17) is 9.47 Å². The number of rotatable bonds is 3. The first-order valence-electron chi connectivity index (χ1n) is 5.04. The molecule has 2 atom stereocenters. The summed E-state index contributed by atoms with van der Waals surface area (Å²) >= 11 is 0. The van der Waals surface area contributed by atoms with E-state index in [1.54, 1.807) is 19.5 Å². The van der Waals surface area contributed by atoms with Gasteiger partial charge in [0, 0.05) is 6.61 Å². The lowest BCUT2D eigenvalue weighted by atomic mass is 10.2. The van der Waals surface area contributed by atoms with E-state index in [1.165, 1.54) is 0 Å². The van der Waals surface area contributed by atoms with Gasteiger partial charge in [-0.2, -0.15) is 0 Å². The average Bonchev–Trinajstić information content (AvgIpc) is 2.66. The molecule has 1 aliphatic rings. The highest BCUT2D eigenvalue weighted by atomic mass is 16.5. The summed E-state index contributed by atoms with van der Waals surface area (Å²) in [5, 5.41) is 3.24. The van der Waals surface area contributed by atoms with Crippen molar-refractivity contribution in [3.05, 3.63) is 12.4 Å². The van der Waals surface area contributed by atoms with E-state index in [-0.39, 0.29) is 6.10 Å². The quantitative estimate of drug-likeness (QED) is 0.807. The molecule has 5 heteroatoms. The Balaban J connectivity index is 1.98. The highest BCUT2D eigenvalue weighted by molar-refractivity contribution is 5.29. The summed E-state index contributed by atoms with van der Waals surface area (Å²) < 4.78 is 10.4.